The Kier molecular flexibility index (Phi) is 7.87. The lowest BCUT2D eigenvalue weighted by Crippen LogP contribution is -2.44. The van der Waals surface area contributed by atoms with Crippen LogP contribution in [-0.2, 0) is 0 Å². The quantitative estimate of drug-likeness (QED) is 0.637. The first-order valence-electron chi connectivity index (χ1n) is 7.66. The van der Waals surface area contributed by atoms with Crippen LogP contribution in [0.4, 0.5) is 0 Å². The molecule has 102 valence electrons. The van der Waals surface area contributed by atoms with E-state index in [1.807, 2.05) is 0 Å². The molecule has 17 heavy (non-hydrogen) atoms. The van der Waals surface area contributed by atoms with Gasteiger partial charge in [-0.15, -0.1) is 0 Å². The topological polar surface area (TPSA) is 24.1 Å². The fraction of sp³-hybridized carbons (Fsp3) is 1.00. The van der Waals surface area contributed by atoms with E-state index in [2.05, 4.69) is 31.4 Å². The maximum absolute atomic E-state index is 3.63. The molecule has 0 bridgehead atoms. The van der Waals surface area contributed by atoms with E-state index in [9.17, 15) is 0 Å². The third-order valence-electron chi connectivity index (χ3n) is 3.96. The number of piperidine rings is 1. The molecule has 2 heteroatoms. The zero-order chi connectivity index (χ0) is 12.5. The smallest absolute Gasteiger partial charge is 0.0195 e. The van der Waals surface area contributed by atoms with Crippen molar-refractivity contribution in [3.8, 4) is 0 Å². The Morgan fingerprint density at radius 2 is 2.12 bits per heavy atom. The number of hydrogen-bond donors (Lipinski definition) is 2. The lowest BCUT2D eigenvalue weighted by atomic mass is 9.90. The van der Waals surface area contributed by atoms with E-state index in [1.54, 1.807) is 0 Å². The van der Waals surface area contributed by atoms with Gasteiger partial charge in [0, 0.05) is 12.6 Å². The Morgan fingerprint density at radius 3 is 2.82 bits per heavy atom. The molecule has 0 aromatic rings. The lowest BCUT2D eigenvalue weighted by molar-refractivity contribution is 0.288. The Hall–Kier alpha value is -0.0800. The van der Waals surface area contributed by atoms with Crippen LogP contribution in [-0.4, -0.2) is 25.7 Å². The molecule has 1 aliphatic heterocycles. The van der Waals surface area contributed by atoms with Gasteiger partial charge in [0.2, 0.25) is 0 Å². The summed E-state index contributed by atoms with van der Waals surface area (Å²) in [5, 5.41) is 7.24. The van der Waals surface area contributed by atoms with Gasteiger partial charge < -0.3 is 10.6 Å². The van der Waals surface area contributed by atoms with Crippen LogP contribution in [0.1, 0.15) is 59.3 Å². The molecule has 1 heterocycles. The van der Waals surface area contributed by atoms with E-state index < -0.39 is 0 Å². The summed E-state index contributed by atoms with van der Waals surface area (Å²) in [6.45, 7) is 10.5. The highest BCUT2D eigenvalue weighted by atomic mass is 15.0. The molecule has 0 radical (unpaired) electrons. The second kappa shape index (κ2) is 8.93. The number of unbranched alkanes of at least 4 members (excludes halogenated alkanes) is 1. The van der Waals surface area contributed by atoms with Gasteiger partial charge in [0.25, 0.3) is 0 Å². The minimum Gasteiger partial charge on any atom is -0.315 e. The second-order valence-corrected chi connectivity index (χ2v) is 6.04. The fourth-order valence-corrected chi connectivity index (χ4v) is 2.70. The van der Waals surface area contributed by atoms with Crippen LogP contribution in [0, 0.1) is 11.8 Å². The normalized spacial score (nSPS) is 25.4. The van der Waals surface area contributed by atoms with Gasteiger partial charge in [0.05, 0.1) is 0 Å². The van der Waals surface area contributed by atoms with Gasteiger partial charge in [-0.2, -0.15) is 0 Å². The Labute approximate surface area is 108 Å². The molecular formula is C15H32N2. The number of rotatable bonds is 8. The van der Waals surface area contributed by atoms with Crippen molar-refractivity contribution in [1.29, 1.82) is 0 Å². The van der Waals surface area contributed by atoms with E-state index in [-0.39, 0.29) is 0 Å². The molecule has 0 aliphatic carbocycles. The average molecular weight is 240 g/mol. The van der Waals surface area contributed by atoms with E-state index in [0.29, 0.717) is 0 Å². The predicted molar refractivity (Wildman–Crippen MR) is 76.4 cm³/mol. The van der Waals surface area contributed by atoms with Crippen molar-refractivity contribution >= 4 is 0 Å². The van der Waals surface area contributed by atoms with Crippen LogP contribution in [0.2, 0.25) is 0 Å². The van der Waals surface area contributed by atoms with Crippen LogP contribution >= 0.6 is 0 Å². The van der Waals surface area contributed by atoms with E-state index in [1.165, 1.54) is 51.6 Å². The molecule has 2 unspecified atom stereocenters. The van der Waals surface area contributed by atoms with Gasteiger partial charge in [-0.3, -0.25) is 0 Å². The van der Waals surface area contributed by atoms with Crippen LogP contribution in [0.5, 0.6) is 0 Å². The van der Waals surface area contributed by atoms with Crippen molar-refractivity contribution in [3.63, 3.8) is 0 Å². The molecule has 1 aliphatic rings. The van der Waals surface area contributed by atoms with Crippen LogP contribution in [0.15, 0.2) is 0 Å². The minimum absolute atomic E-state index is 0.721. The minimum atomic E-state index is 0.721. The van der Waals surface area contributed by atoms with Gasteiger partial charge in [-0.05, 0) is 44.2 Å². The molecule has 2 nitrogen and oxygen atoms in total. The van der Waals surface area contributed by atoms with Gasteiger partial charge in [-0.25, -0.2) is 0 Å². The zero-order valence-electron chi connectivity index (χ0n) is 12.1. The average Bonchev–Trinajstić information content (AvgIpc) is 2.33. The molecule has 0 spiro atoms. The highest BCUT2D eigenvalue weighted by Gasteiger charge is 2.19. The number of nitrogens with one attached hydrogen (secondary N) is 2. The molecule has 1 saturated heterocycles. The first kappa shape index (κ1) is 15.0. The van der Waals surface area contributed by atoms with Crippen molar-refractivity contribution in [2.45, 2.75) is 65.3 Å². The van der Waals surface area contributed by atoms with Crippen molar-refractivity contribution in [2.24, 2.45) is 11.8 Å². The molecule has 0 aromatic heterocycles. The summed E-state index contributed by atoms with van der Waals surface area (Å²) in [5.74, 6) is 1.82. The first-order valence-corrected chi connectivity index (χ1v) is 7.66. The summed E-state index contributed by atoms with van der Waals surface area (Å²) in [5.41, 5.74) is 0. The first-order chi connectivity index (χ1) is 8.22. The molecule has 2 N–H and O–H groups in total. The maximum atomic E-state index is 3.63. The summed E-state index contributed by atoms with van der Waals surface area (Å²) in [7, 11) is 0. The SMILES string of the molecule is CCC1CCNC(CNCCCCC(C)C)C1. The molecule has 0 aromatic carbocycles. The van der Waals surface area contributed by atoms with Crippen LogP contribution < -0.4 is 10.6 Å². The summed E-state index contributed by atoms with van der Waals surface area (Å²) < 4.78 is 0. The van der Waals surface area contributed by atoms with Gasteiger partial charge in [0.15, 0.2) is 0 Å². The third kappa shape index (κ3) is 7.05. The van der Waals surface area contributed by atoms with Gasteiger partial charge >= 0.3 is 0 Å². The molecular weight excluding hydrogens is 208 g/mol. The van der Waals surface area contributed by atoms with Crippen LogP contribution in [0.25, 0.3) is 0 Å². The Balaban J connectivity index is 1.95. The van der Waals surface area contributed by atoms with Gasteiger partial charge in [0.1, 0.15) is 0 Å². The molecule has 1 fully saturated rings. The largest absolute Gasteiger partial charge is 0.315 e. The maximum Gasteiger partial charge on any atom is 0.0195 e. The Bertz CT molecular complexity index is 180. The zero-order valence-corrected chi connectivity index (χ0v) is 12.1. The van der Waals surface area contributed by atoms with Gasteiger partial charge in [-0.1, -0.05) is 40.0 Å². The lowest BCUT2D eigenvalue weighted by Gasteiger charge is -2.30. The second-order valence-electron chi connectivity index (χ2n) is 6.04. The Morgan fingerprint density at radius 1 is 1.29 bits per heavy atom. The molecule has 2 atom stereocenters. The van der Waals surface area contributed by atoms with Crippen molar-refractivity contribution in [3.05, 3.63) is 0 Å². The van der Waals surface area contributed by atoms with Crippen molar-refractivity contribution < 1.29 is 0 Å². The monoisotopic (exact) mass is 240 g/mol. The summed E-state index contributed by atoms with van der Waals surface area (Å²) in [6, 6.07) is 0.721. The summed E-state index contributed by atoms with van der Waals surface area (Å²) in [6.07, 6.45) is 8.19. The van der Waals surface area contributed by atoms with Crippen molar-refractivity contribution in [1.82, 2.24) is 10.6 Å². The summed E-state index contributed by atoms with van der Waals surface area (Å²) >= 11 is 0. The van der Waals surface area contributed by atoms with Crippen LogP contribution in [0.3, 0.4) is 0 Å². The molecule has 1 rings (SSSR count). The van der Waals surface area contributed by atoms with E-state index >= 15 is 0 Å². The van der Waals surface area contributed by atoms with E-state index in [4.69, 9.17) is 0 Å². The highest BCUT2D eigenvalue weighted by molar-refractivity contribution is 4.79. The third-order valence-corrected chi connectivity index (χ3v) is 3.96. The fourth-order valence-electron chi connectivity index (χ4n) is 2.70. The molecule has 0 amide bonds. The molecule has 0 saturated carbocycles. The standard InChI is InChI=1S/C15H32N2/c1-4-14-8-10-17-15(11-14)12-16-9-6-5-7-13(2)3/h13-17H,4-12H2,1-3H3. The van der Waals surface area contributed by atoms with Crippen molar-refractivity contribution in [2.75, 3.05) is 19.6 Å². The predicted octanol–water partition coefficient (Wildman–Crippen LogP) is 3.18. The summed E-state index contributed by atoms with van der Waals surface area (Å²) in [4.78, 5) is 0. The highest BCUT2D eigenvalue weighted by Crippen LogP contribution is 2.18. The number of hydrogen-bond acceptors (Lipinski definition) is 2. The van der Waals surface area contributed by atoms with E-state index in [0.717, 1.165) is 24.4 Å².